The second kappa shape index (κ2) is 13.5. The van der Waals surface area contributed by atoms with E-state index in [1.807, 2.05) is 30.3 Å². The minimum Gasteiger partial charge on any atom is -0.494 e. The van der Waals surface area contributed by atoms with Crippen LogP contribution in [0.5, 0.6) is 5.75 Å². The average molecular weight is 523 g/mol. The molecule has 4 aromatic carbocycles. The van der Waals surface area contributed by atoms with E-state index in [0.717, 1.165) is 54.7 Å². The van der Waals surface area contributed by atoms with Crippen molar-refractivity contribution in [1.82, 2.24) is 0 Å². The number of hydrogen-bond donors (Lipinski definition) is 0. The van der Waals surface area contributed by atoms with Gasteiger partial charge in [-0.05, 0) is 84.0 Å². The summed E-state index contributed by atoms with van der Waals surface area (Å²) in [4.78, 5) is 0. The Kier molecular flexibility index (Phi) is 9.80. The van der Waals surface area contributed by atoms with Crippen molar-refractivity contribution in [2.24, 2.45) is 0 Å². The van der Waals surface area contributed by atoms with E-state index in [9.17, 15) is 13.2 Å². The molecule has 0 saturated carbocycles. The predicted molar refractivity (Wildman–Crippen MR) is 146 cm³/mol. The summed E-state index contributed by atoms with van der Waals surface area (Å²) in [6.45, 7) is 2.96. The first-order valence-corrected chi connectivity index (χ1v) is 13.5. The van der Waals surface area contributed by atoms with Gasteiger partial charge in [-0.1, -0.05) is 75.1 Å². The predicted octanol–water partition coefficient (Wildman–Crippen LogP) is 9.32. The van der Waals surface area contributed by atoms with Crippen LogP contribution in [0.2, 0.25) is 0 Å². The summed E-state index contributed by atoms with van der Waals surface area (Å²) in [5.41, 5.74) is 3.09. The number of ether oxygens (including phenoxy) is 1. The molecule has 0 aliphatic heterocycles. The van der Waals surface area contributed by atoms with Crippen LogP contribution in [0.25, 0.3) is 10.8 Å². The number of aryl methyl sites for hydroxylation is 4. The molecular weight excluding hydrogens is 488 g/mol. The SMILES string of the molecule is CCCCCCCOc1ccc(CCc2ccc3c(F)c(CCc4cc(F)c(F)c(F)c4)ccc3c2)cc1. The van der Waals surface area contributed by atoms with Crippen LogP contribution in [0.3, 0.4) is 0 Å². The summed E-state index contributed by atoms with van der Waals surface area (Å²) in [5.74, 6) is -3.39. The second-order valence-electron chi connectivity index (χ2n) is 9.87. The molecule has 0 amide bonds. The summed E-state index contributed by atoms with van der Waals surface area (Å²) in [6, 6.07) is 19.5. The Morgan fingerprint density at radius 1 is 0.579 bits per heavy atom. The molecule has 1 nitrogen and oxygen atoms in total. The van der Waals surface area contributed by atoms with Gasteiger partial charge in [0.25, 0.3) is 0 Å². The van der Waals surface area contributed by atoms with Crippen molar-refractivity contribution in [3.05, 3.63) is 112 Å². The van der Waals surface area contributed by atoms with Gasteiger partial charge in [0.1, 0.15) is 11.6 Å². The van der Waals surface area contributed by atoms with Crippen LogP contribution in [0.1, 0.15) is 61.3 Å². The minimum atomic E-state index is -1.49. The number of benzene rings is 4. The number of fused-ring (bicyclic) bond motifs is 1. The van der Waals surface area contributed by atoms with Crippen LogP contribution >= 0.6 is 0 Å². The first-order chi connectivity index (χ1) is 18.4. The van der Waals surface area contributed by atoms with Gasteiger partial charge in [0.05, 0.1) is 6.61 Å². The standard InChI is InChI=1S/C33H34F4O/c1-2-3-4-5-6-19-38-28-16-10-23(11-17-28)7-8-24-12-18-29-27(20-24)15-14-26(32(29)36)13-9-25-21-30(34)33(37)31(35)22-25/h10-12,14-18,20-22H,2-9,13,19H2,1H3. The highest BCUT2D eigenvalue weighted by molar-refractivity contribution is 5.84. The molecule has 5 heteroatoms. The van der Waals surface area contributed by atoms with Gasteiger partial charge in [-0.15, -0.1) is 0 Å². The first-order valence-electron chi connectivity index (χ1n) is 13.5. The zero-order chi connectivity index (χ0) is 26.9. The maximum absolute atomic E-state index is 15.2. The Morgan fingerprint density at radius 3 is 1.97 bits per heavy atom. The van der Waals surface area contributed by atoms with Crippen molar-refractivity contribution in [3.63, 3.8) is 0 Å². The molecule has 0 aliphatic rings. The van der Waals surface area contributed by atoms with Gasteiger partial charge in [-0.3, -0.25) is 0 Å². The zero-order valence-corrected chi connectivity index (χ0v) is 21.8. The lowest BCUT2D eigenvalue weighted by Crippen LogP contribution is -1.99. The summed E-state index contributed by atoms with van der Waals surface area (Å²) in [6.07, 6.45) is 8.25. The van der Waals surface area contributed by atoms with Crippen LogP contribution in [-0.2, 0) is 25.7 Å². The Morgan fingerprint density at radius 2 is 1.24 bits per heavy atom. The monoisotopic (exact) mass is 522 g/mol. The van der Waals surface area contributed by atoms with Gasteiger partial charge >= 0.3 is 0 Å². The molecule has 0 radical (unpaired) electrons. The van der Waals surface area contributed by atoms with E-state index in [-0.39, 0.29) is 18.7 Å². The molecule has 38 heavy (non-hydrogen) atoms. The summed E-state index contributed by atoms with van der Waals surface area (Å²) >= 11 is 0. The lowest BCUT2D eigenvalue weighted by molar-refractivity contribution is 0.304. The van der Waals surface area contributed by atoms with Crippen LogP contribution in [0.15, 0.2) is 66.7 Å². The van der Waals surface area contributed by atoms with E-state index in [0.29, 0.717) is 16.5 Å². The van der Waals surface area contributed by atoms with E-state index >= 15 is 4.39 Å². The molecular formula is C33H34F4O. The van der Waals surface area contributed by atoms with Crippen molar-refractivity contribution in [2.75, 3.05) is 6.61 Å². The highest BCUT2D eigenvalue weighted by Crippen LogP contribution is 2.25. The molecule has 0 spiro atoms. The van der Waals surface area contributed by atoms with Crippen LogP contribution in [0.4, 0.5) is 17.6 Å². The Hall–Kier alpha value is -3.34. The van der Waals surface area contributed by atoms with E-state index in [1.54, 1.807) is 12.1 Å². The minimum absolute atomic E-state index is 0.206. The third-order valence-corrected chi connectivity index (χ3v) is 6.97. The van der Waals surface area contributed by atoms with E-state index in [4.69, 9.17) is 4.74 Å². The van der Waals surface area contributed by atoms with Crippen molar-refractivity contribution < 1.29 is 22.3 Å². The molecule has 0 unspecified atom stereocenters. The molecule has 0 N–H and O–H groups in total. The normalized spacial score (nSPS) is 11.3. The fraction of sp³-hybridized carbons (Fsp3) is 0.333. The van der Waals surface area contributed by atoms with Gasteiger partial charge in [0.2, 0.25) is 0 Å². The number of unbranched alkanes of at least 4 members (excludes halogenated alkanes) is 4. The van der Waals surface area contributed by atoms with Crippen LogP contribution < -0.4 is 4.74 Å². The van der Waals surface area contributed by atoms with Gasteiger partial charge in [-0.25, -0.2) is 17.6 Å². The fourth-order valence-corrected chi connectivity index (χ4v) is 4.70. The highest BCUT2D eigenvalue weighted by Gasteiger charge is 2.13. The van der Waals surface area contributed by atoms with Gasteiger partial charge < -0.3 is 4.74 Å². The van der Waals surface area contributed by atoms with Gasteiger partial charge in [-0.2, -0.15) is 0 Å². The van der Waals surface area contributed by atoms with Crippen LogP contribution in [0, 0.1) is 23.3 Å². The first kappa shape index (κ1) is 27.7. The molecule has 0 saturated heterocycles. The molecule has 0 aromatic heterocycles. The maximum Gasteiger partial charge on any atom is 0.194 e. The van der Waals surface area contributed by atoms with Gasteiger partial charge in [0, 0.05) is 5.39 Å². The smallest absolute Gasteiger partial charge is 0.194 e. The summed E-state index contributed by atoms with van der Waals surface area (Å²) in [5, 5.41) is 1.32. The van der Waals surface area contributed by atoms with Crippen LogP contribution in [-0.4, -0.2) is 6.61 Å². The molecule has 4 rings (SSSR count). The van der Waals surface area contributed by atoms with E-state index in [1.165, 1.54) is 31.2 Å². The lowest BCUT2D eigenvalue weighted by Gasteiger charge is -2.10. The van der Waals surface area contributed by atoms with Crippen molar-refractivity contribution in [1.29, 1.82) is 0 Å². The summed E-state index contributed by atoms with van der Waals surface area (Å²) < 4.78 is 61.1. The molecule has 4 aromatic rings. The van der Waals surface area contributed by atoms with Crippen molar-refractivity contribution >= 4 is 10.8 Å². The highest BCUT2D eigenvalue weighted by atomic mass is 19.2. The Bertz CT molecular complexity index is 1320. The largest absolute Gasteiger partial charge is 0.494 e. The number of halogens is 4. The molecule has 0 atom stereocenters. The third kappa shape index (κ3) is 7.37. The lowest BCUT2D eigenvalue weighted by atomic mass is 9.97. The van der Waals surface area contributed by atoms with Gasteiger partial charge in [0.15, 0.2) is 17.5 Å². The van der Waals surface area contributed by atoms with E-state index < -0.39 is 17.5 Å². The number of hydrogen-bond acceptors (Lipinski definition) is 1. The molecule has 0 aliphatic carbocycles. The topological polar surface area (TPSA) is 9.23 Å². The van der Waals surface area contributed by atoms with Crippen molar-refractivity contribution in [3.8, 4) is 5.75 Å². The zero-order valence-electron chi connectivity index (χ0n) is 21.8. The molecule has 200 valence electrons. The summed E-state index contributed by atoms with van der Waals surface area (Å²) in [7, 11) is 0. The van der Waals surface area contributed by atoms with E-state index in [2.05, 4.69) is 19.1 Å². The molecule has 0 fully saturated rings. The fourth-order valence-electron chi connectivity index (χ4n) is 4.70. The molecule has 0 bridgehead atoms. The molecule has 0 heterocycles. The third-order valence-electron chi connectivity index (χ3n) is 6.97. The maximum atomic E-state index is 15.2. The average Bonchev–Trinajstić information content (AvgIpc) is 2.92. The quantitative estimate of drug-likeness (QED) is 0.0966. The van der Waals surface area contributed by atoms with Crippen molar-refractivity contribution in [2.45, 2.75) is 64.7 Å². The Labute approximate surface area is 222 Å². The second-order valence-corrected chi connectivity index (χ2v) is 9.87. The Balaban J connectivity index is 1.31. The number of rotatable bonds is 13.